The highest BCUT2D eigenvalue weighted by Gasteiger charge is 2.27. The molecule has 1 aliphatic rings. The molecular formula is C20H26N4O3. The van der Waals surface area contributed by atoms with Crippen molar-refractivity contribution in [2.45, 2.75) is 57.7 Å². The van der Waals surface area contributed by atoms with E-state index in [1.54, 1.807) is 23.0 Å². The Balaban J connectivity index is 1.54. The number of nitrogens with zero attached hydrogens (tertiary/aromatic N) is 2. The summed E-state index contributed by atoms with van der Waals surface area (Å²) in [6.45, 7) is 5.55. The van der Waals surface area contributed by atoms with Crippen molar-refractivity contribution in [3.05, 3.63) is 53.1 Å². The van der Waals surface area contributed by atoms with Gasteiger partial charge in [0.1, 0.15) is 11.4 Å². The molecule has 0 saturated heterocycles. The lowest BCUT2D eigenvalue weighted by atomic mass is 10.2. The van der Waals surface area contributed by atoms with Gasteiger partial charge in [0.05, 0.1) is 11.9 Å². The van der Waals surface area contributed by atoms with Gasteiger partial charge in [-0.2, -0.15) is 0 Å². The topological polar surface area (TPSA) is 85.2 Å². The Bertz CT molecular complexity index is 839. The molecule has 3 rings (SSSR count). The second kappa shape index (κ2) is 7.82. The number of alkyl carbamates (subject to hydrolysis) is 1. The van der Waals surface area contributed by atoms with Crippen molar-refractivity contribution in [2.24, 2.45) is 0 Å². The summed E-state index contributed by atoms with van der Waals surface area (Å²) < 4.78 is 6.86. The van der Waals surface area contributed by atoms with Crippen molar-refractivity contribution in [3.8, 4) is 5.69 Å². The van der Waals surface area contributed by atoms with Gasteiger partial charge in [-0.25, -0.2) is 9.78 Å². The molecule has 7 heteroatoms. The van der Waals surface area contributed by atoms with Crippen LogP contribution in [-0.2, 0) is 4.74 Å². The van der Waals surface area contributed by atoms with Gasteiger partial charge in [0.25, 0.3) is 5.56 Å². The Morgan fingerprint density at radius 3 is 2.63 bits per heavy atom. The van der Waals surface area contributed by atoms with Gasteiger partial charge >= 0.3 is 6.09 Å². The molecule has 1 aliphatic carbocycles. The largest absolute Gasteiger partial charge is 0.444 e. The highest BCUT2D eigenvalue weighted by Crippen LogP contribution is 2.23. The minimum atomic E-state index is -0.493. The zero-order valence-electron chi connectivity index (χ0n) is 15.9. The molecule has 0 bridgehead atoms. The molecule has 2 heterocycles. The van der Waals surface area contributed by atoms with Crippen LogP contribution in [0.2, 0.25) is 0 Å². The van der Waals surface area contributed by atoms with Gasteiger partial charge in [0, 0.05) is 24.3 Å². The minimum Gasteiger partial charge on any atom is -0.444 e. The van der Waals surface area contributed by atoms with Gasteiger partial charge in [-0.1, -0.05) is 6.07 Å². The Morgan fingerprint density at radius 1 is 1.19 bits per heavy atom. The summed E-state index contributed by atoms with van der Waals surface area (Å²) in [6, 6.07) is 9.10. The molecule has 2 N–H and O–H groups in total. The molecule has 1 amide bonds. The fourth-order valence-corrected chi connectivity index (χ4v) is 3.18. The summed E-state index contributed by atoms with van der Waals surface area (Å²) in [5, 5.41) is 6.32. The monoisotopic (exact) mass is 370 g/mol. The lowest BCUT2D eigenvalue weighted by molar-refractivity contribution is 0.0505. The third-order valence-corrected chi connectivity index (χ3v) is 4.35. The van der Waals surface area contributed by atoms with Crippen LogP contribution in [0.1, 0.15) is 40.0 Å². The maximum absolute atomic E-state index is 11.9. The first-order valence-electron chi connectivity index (χ1n) is 9.20. The third-order valence-electron chi connectivity index (χ3n) is 4.35. The number of hydrogen-bond donors (Lipinski definition) is 2. The van der Waals surface area contributed by atoms with Crippen molar-refractivity contribution in [1.82, 2.24) is 14.9 Å². The molecule has 1 saturated carbocycles. The number of amides is 1. The van der Waals surface area contributed by atoms with Crippen LogP contribution in [0.4, 0.5) is 10.6 Å². The molecule has 2 aromatic rings. The zero-order valence-corrected chi connectivity index (χ0v) is 15.9. The van der Waals surface area contributed by atoms with E-state index >= 15 is 0 Å². The molecule has 7 nitrogen and oxygen atoms in total. The summed E-state index contributed by atoms with van der Waals surface area (Å²) in [7, 11) is 0. The van der Waals surface area contributed by atoms with Crippen molar-refractivity contribution < 1.29 is 9.53 Å². The highest BCUT2D eigenvalue weighted by molar-refractivity contribution is 5.68. The summed E-state index contributed by atoms with van der Waals surface area (Å²) in [5.41, 5.74) is 0.140. The Hall–Kier alpha value is -2.83. The Labute approximate surface area is 158 Å². The van der Waals surface area contributed by atoms with Crippen molar-refractivity contribution in [1.29, 1.82) is 0 Å². The van der Waals surface area contributed by atoms with Gasteiger partial charge in [0.2, 0.25) is 0 Å². The van der Waals surface area contributed by atoms with Crippen LogP contribution in [0.25, 0.3) is 5.69 Å². The van der Waals surface area contributed by atoms with Gasteiger partial charge in [-0.3, -0.25) is 9.36 Å². The first-order valence-corrected chi connectivity index (χ1v) is 9.20. The van der Waals surface area contributed by atoms with E-state index < -0.39 is 5.60 Å². The molecular weight excluding hydrogens is 344 g/mol. The predicted molar refractivity (Wildman–Crippen MR) is 104 cm³/mol. The smallest absolute Gasteiger partial charge is 0.407 e. The maximum Gasteiger partial charge on any atom is 0.407 e. The second-order valence-electron chi connectivity index (χ2n) is 7.81. The average molecular weight is 370 g/mol. The van der Waals surface area contributed by atoms with Crippen LogP contribution < -0.4 is 16.2 Å². The number of carbonyl (C=O) groups excluding carboxylic acids is 1. The van der Waals surface area contributed by atoms with Crippen LogP contribution in [0.3, 0.4) is 0 Å². The summed E-state index contributed by atoms with van der Waals surface area (Å²) in [4.78, 5) is 28.2. The van der Waals surface area contributed by atoms with Gasteiger partial charge < -0.3 is 15.4 Å². The van der Waals surface area contributed by atoms with Crippen molar-refractivity contribution >= 4 is 11.9 Å². The molecule has 2 aromatic heterocycles. The lowest BCUT2D eigenvalue weighted by Crippen LogP contribution is -2.38. The Kier molecular flexibility index (Phi) is 5.48. The van der Waals surface area contributed by atoms with Crippen molar-refractivity contribution in [2.75, 3.05) is 5.32 Å². The first-order chi connectivity index (χ1) is 12.8. The molecule has 2 atom stereocenters. The first kappa shape index (κ1) is 18.9. The maximum atomic E-state index is 11.9. The molecule has 0 aliphatic heterocycles. The molecule has 0 aromatic carbocycles. The normalized spacial score (nSPS) is 19.5. The third kappa shape index (κ3) is 5.32. The number of pyridine rings is 2. The van der Waals surface area contributed by atoms with E-state index in [-0.39, 0.29) is 23.7 Å². The van der Waals surface area contributed by atoms with Crippen LogP contribution in [0.5, 0.6) is 0 Å². The number of ether oxygens (including phenoxy) is 1. The summed E-state index contributed by atoms with van der Waals surface area (Å²) in [6.07, 6.45) is 5.69. The van der Waals surface area contributed by atoms with Gasteiger partial charge in [-0.05, 0) is 58.2 Å². The van der Waals surface area contributed by atoms with E-state index in [1.807, 2.05) is 39.0 Å². The number of hydrogen-bond acceptors (Lipinski definition) is 5. The van der Waals surface area contributed by atoms with E-state index in [0.717, 1.165) is 30.8 Å². The summed E-state index contributed by atoms with van der Waals surface area (Å²) in [5.74, 6) is 0.755. The minimum absolute atomic E-state index is 0.0909. The summed E-state index contributed by atoms with van der Waals surface area (Å²) >= 11 is 0. The lowest BCUT2D eigenvalue weighted by Gasteiger charge is -2.22. The van der Waals surface area contributed by atoms with E-state index in [0.29, 0.717) is 0 Å². The predicted octanol–water partition coefficient (Wildman–Crippen LogP) is 3.09. The number of rotatable bonds is 4. The van der Waals surface area contributed by atoms with Gasteiger partial charge in [-0.15, -0.1) is 0 Å². The number of nitrogens with one attached hydrogen (secondary N) is 2. The molecule has 1 fully saturated rings. The number of carbonyl (C=O) groups is 1. The molecule has 0 radical (unpaired) electrons. The highest BCUT2D eigenvalue weighted by atomic mass is 16.6. The second-order valence-corrected chi connectivity index (χ2v) is 7.81. The van der Waals surface area contributed by atoms with Crippen LogP contribution >= 0.6 is 0 Å². The molecule has 27 heavy (non-hydrogen) atoms. The van der Waals surface area contributed by atoms with E-state index in [4.69, 9.17) is 4.74 Å². The quantitative estimate of drug-likeness (QED) is 0.864. The fraction of sp³-hybridized carbons (Fsp3) is 0.450. The Morgan fingerprint density at radius 2 is 1.96 bits per heavy atom. The average Bonchev–Trinajstić information content (AvgIpc) is 3.01. The van der Waals surface area contributed by atoms with E-state index in [1.165, 1.54) is 6.07 Å². The van der Waals surface area contributed by atoms with Crippen LogP contribution in [0.15, 0.2) is 47.5 Å². The van der Waals surface area contributed by atoms with Crippen LogP contribution in [0, 0.1) is 0 Å². The SMILES string of the molecule is CC(C)(C)OC(=O)N[C@H]1CC[C@H](Nc2ccc(-n3ccccc3=O)cn2)C1. The molecule has 144 valence electrons. The van der Waals surface area contributed by atoms with Crippen LogP contribution in [-0.4, -0.2) is 33.3 Å². The van der Waals surface area contributed by atoms with E-state index in [2.05, 4.69) is 15.6 Å². The molecule has 0 unspecified atom stereocenters. The zero-order chi connectivity index (χ0) is 19.4. The molecule has 0 spiro atoms. The standard InChI is InChI=1S/C20H26N4O3/c1-20(2,3)27-19(26)23-15-8-7-14(12-15)22-17-10-9-16(13-21-17)24-11-5-4-6-18(24)25/h4-6,9-11,13-15H,7-8,12H2,1-3H3,(H,21,22)(H,23,26)/t14-,15-/m0/s1. The van der Waals surface area contributed by atoms with Gasteiger partial charge in [0.15, 0.2) is 0 Å². The number of anilines is 1. The van der Waals surface area contributed by atoms with Crippen molar-refractivity contribution in [3.63, 3.8) is 0 Å². The fourth-order valence-electron chi connectivity index (χ4n) is 3.18. The van der Waals surface area contributed by atoms with E-state index in [9.17, 15) is 9.59 Å². The number of aromatic nitrogens is 2.